The fourth-order valence-corrected chi connectivity index (χ4v) is 2.75. The highest BCUT2D eigenvalue weighted by atomic mass is 16.5. The maximum atomic E-state index is 11.6. The second-order valence-corrected chi connectivity index (χ2v) is 5.69. The van der Waals surface area contributed by atoms with Gasteiger partial charge in [-0.05, 0) is 45.0 Å². The van der Waals surface area contributed by atoms with Crippen molar-refractivity contribution < 1.29 is 14.3 Å². The van der Waals surface area contributed by atoms with Crippen molar-refractivity contribution in [3.63, 3.8) is 0 Å². The summed E-state index contributed by atoms with van der Waals surface area (Å²) >= 11 is 0. The van der Waals surface area contributed by atoms with Crippen molar-refractivity contribution in [2.75, 3.05) is 45.3 Å². The predicted octanol–water partition coefficient (Wildman–Crippen LogP) is 1.69. The third kappa shape index (κ3) is 4.42. The van der Waals surface area contributed by atoms with Crippen molar-refractivity contribution >= 4 is 11.8 Å². The zero-order valence-electron chi connectivity index (χ0n) is 13.4. The van der Waals surface area contributed by atoms with Crippen LogP contribution in [0.4, 0.5) is 5.82 Å². The van der Waals surface area contributed by atoms with Gasteiger partial charge in [-0.15, -0.1) is 0 Å². The molecule has 0 unspecified atom stereocenters. The number of ether oxygens (including phenoxy) is 2. The Morgan fingerprint density at radius 2 is 2.18 bits per heavy atom. The van der Waals surface area contributed by atoms with Gasteiger partial charge in [0.05, 0.1) is 18.8 Å². The number of piperidine rings is 1. The number of carbonyl (C=O) groups excluding carboxylic acids is 1. The summed E-state index contributed by atoms with van der Waals surface area (Å²) < 4.78 is 10.3. The Morgan fingerprint density at radius 1 is 1.41 bits per heavy atom. The molecule has 6 nitrogen and oxygen atoms in total. The van der Waals surface area contributed by atoms with Gasteiger partial charge in [-0.2, -0.15) is 0 Å². The normalized spacial score (nSPS) is 17.0. The van der Waals surface area contributed by atoms with Crippen LogP contribution < -0.4 is 10.6 Å². The molecule has 0 atom stereocenters. The predicted molar refractivity (Wildman–Crippen MR) is 85.1 cm³/mol. The Labute approximate surface area is 131 Å². The molecule has 0 aromatic carbocycles. The molecule has 1 aliphatic rings. The number of methoxy groups -OCH3 is 1. The summed E-state index contributed by atoms with van der Waals surface area (Å²) in [4.78, 5) is 15.9. The second kappa shape index (κ2) is 8.10. The summed E-state index contributed by atoms with van der Waals surface area (Å²) in [7, 11) is 1.75. The Morgan fingerprint density at radius 3 is 2.77 bits per heavy atom. The molecular formula is C16H25N3O3. The van der Waals surface area contributed by atoms with E-state index < -0.39 is 0 Å². The second-order valence-electron chi connectivity index (χ2n) is 5.69. The number of esters is 1. The van der Waals surface area contributed by atoms with Gasteiger partial charge in [-0.3, -0.25) is 0 Å². The topological polar surface area (TPSA) is 72.5 Å². The summed E-state index contributed by atoms with van der Waals surface area (Å²) in [6.45, 7) is 5.74. The van der Waals surface area contributed by atoms with Gasteiger partial charge in [0.2, 0.25) is 0 Å². The zero-order chi connectivity index (χ0) is 15.8. The van der Waals surface area contributed by atoms with Gasteiger partial charge in [0.1, 0.15) is 5.82 Å². The lowest BCUT2D eigenvalue weighted by atomic mass is 9.79. The molecule has 0 bridgehead atoms. The number of hydrogen-bond acceptors (Lipinski definition) is 6. The van der Waals surface area contributed by atoms with E-state index in [4.69, 9.17) is 9.47 Å². The first kappa shape index (κ1) is 16.7. The van der Waals surface area contributed by atoms with Crippen LogP contribution in [0.1, 0.15) is 30.1 Å². The molecule has 0 radical (unpaired) electrons. The molecule has 1 aromatic heterocycles. The van der Waals surface area contributed by atoms with Crippen LogP contribution in [0.25, 0.3) is 0 Å². The number of carbonyl (C=O) groups is 1. The lowest BCUT2D eigenvalue weighted by Gasteiger charge is -2.37. The molecule has 22 heavy (non-hydrogen) atoms. The van der Waals surface area contributed by atoms with Gasteiger partial charge >= 0.3 is 5.97 Å². The monoisotopic (exact) mass is 307 g/mol. The van der Waals surface area contributed by atoms with Crippen LogP contribution in [0, 0.1) is 5.41 Å². The van der Waals surface area contributed by atoms with E-state index in [0.717, 1.165) is 44.9 Å². The highest BCUT2D eigenvalue weighted by Crippen LogP contribution is 2.29. The molecule has 0 saturated carbocycles. The molecule has 6 heteroatoms. The fraction of sp³-hybridized carbons (Fsp3) is 0.625. The molecule has 1 aromatic rings. The van der Waals surface area contributed by atoms with E-state index in [2.05, 4.69) is 15.6 Å². The van der Waals surface area contributed by atoms with E-state index in [1.807, 2.05) is 6.07 Å². The molecular weight excluding hydrogens is 282 g/mol. The van der Waals surface area contributed by atoms with Crippen LogP contribution in [0.2, 0.25) is 0 Å². The van der Waals surface area contributed by atoms with E-state index >= 15 is 0 Å². The van der Waals surface area contributed by atoms with Crippen molar-refractivity contribution in [3.05, 3.63) is 23.9 Å². The third-order valence-corrected chi connectivity index (χ3v) is 4.03. The molecule has 2 rings (SSSR count). The van der Waals surface area contributed by atoms with Crippen molar-refractivity contribution in [1.29, 1.82) is 0 Å². The average molecular weight is 307 g/mol. The number of nitrogens with one attached hydrogen (secondary N) is 2. The molecule has 0 spiro atoms. The molecule has 2 N–H and O–H groups in total. The largest absolute Gasteiger partial charge is 0.462 e. The first-order valence-electron chi connectivity index (χ1n) is 7.76. The van der Waals surface area contributed by atoms with Crippen LogP contribution in [0.3, 0.4) is 0 Å². The van der Waals surface area contributed by atoms with Gasteiger partial charge < -0.3 is 20.1 Å². The summed E-state index contributed by atoms with van der Waals surface area (Å²) in [6, 6.07) is 3.55. The zero-order valence-corrected chi connectivity index (χ0v) is 13.4. The third-order valence-electron chi connectivity index (χ3n) is 4.03. The number of rotatable bonds is 7. The van der Waals surface area contributed by atoms with Gasteiger partial charge in [0.25, 0.3) is 0 Å². The van der Waals surface area contributed by atoms with Crippen LogP contribution in [-0.2, 0) is 9.47 Å². The summed E-state index contributed by atoms with van der Waals surface area (Å²) in [6.07, 6.45) is 3.70. The number of pyridine rings is 1. The summed E-state index contributed by atoms with van der Waals surface area (Å²) in [5.74, 6) is 0.429. The number of anilines is 1. The SMILES string of the molecule is CCOC(=O)c1ccc(NCC2(COC)CCNCC2)nc1. The number of hydrogen-bond donors (Lipinski definition) is 2. The van der Waals surface area contributed by atoms with Crippen LogP contribution >= 0.6 is 0 Å². The molecule has 122 valence electrons. The lowest BCUT2D eigenvalue weighted by molar-refractivity contribution is 0.0526. The van der Waals surface area contributed by atoms with Crippen molar-refractivity contribution in [2.24, 2.45) is 5.41 Å². The number of nitrogens with zero attached hydrogens (tertiary/aromatic N) is 1. The number of aromatic nitrogens is 1. The average Bonchev–Trinajstić information content (AvgIpc) is 2.55. The highest BCUT2D eigenvalue weighted by Gasteiger charge is 2.31. The highest BCUT2D eigenvalue weighted by molar-refractivity contribution is 5.89. The van der Waals surface area contributed by atoms with E-state index in [9.17, 15) is 4.79 Å². The van der Waals surface area contributed by atoms with E-state index in [1.165, 1.54) is 0 Å². The standard InChI is InChI=1S/C16H25N3O3/c1-3-22-15(20)13-4-5-14(18-10-13)19-11-16(12-21-2)6-8-17-9-7-16/h4-5,10,17H,3,6-9,11-12H2,1-2H3,(H,18,19). The Hall–Kier alpha value is -1.66. The van der Waals surface area contributed by atoms with E-state index in [-0.39, 0.29) is 11.4 Å². The van der Waals surface area contributed by atoms with Crippen LogP contribution in [0.5, 0.6) is 0 Å². The molecule has 2 heterocycles. The van der Waals surface area contributed by atoms with Crippen molar-refractivity contribution in [2.45, 2.75) is 19.8 Å². The molecule has 1 saturated heterocycles. The van der Waals surface area contributed by atoms with E-state index in [0.29, 0.717) is 12.2 Å². The van der Waals surface area contributed by atoms with Gasteiger partial charge in [-0.25, -0.2) is 9.78 Å². The Bertz CT molecular complexity index is 465. The first-order chi connectivity index (χ1) is 10.7. The Balaban J connectivity index is 1.93. The minimum Gasteiger partial charge on any atom is -0.462 e. The minimum atomic E-state index is -0.337. The van der Waals surface area contributed by atoms with Gasteiger partial charge in [0.15, 0.2) is 0 Å². The van der Waals surface area contributed by atoms with Gasteiger partial charge in [-0.1, -0.05) is 0 Å². The smallest absolute Gasteiger partial charge is 0.339 e. The van der Waals surface area contributed by atoms with Crippen LogP contribution in [-0.4, -0.2) is 50.9 Å². The molecule has 0 amide bonds. The molecule has 1 aliphatic heterocycles. The maximum Gasteiger partial charge on any atom is 0.339 e. The lowest BCUT2D eigenvalue weighted by Crippen LogP contribution is -2.44. The first-order valence-corrected chi connectivity index (χ1v) is 7.76. The molecule has 1 fully saturated rings. The maximum absolute atomic E-state index is 11.6. The quantitative estimate of drug-likeness (QED) is 0.747. The van der Waals surface area contributed by atoms with Crippen molar-refractivity contribution in [1.82, 2.24) is 10.3 Å². The Kier molecular flexibility index (Phi) is 6.15. The van der Waals surface area contributed by atoms with Crippen molar-refractivity contribution in [3.8, 4) is 0 Å². The van der Waals surface area contributed by atoms with Crippen LogP contribution in [0.15, 0.2) is 18.3 Å². The molecule has 0 aliphatic carbocycles. The van der Waals surface area contributed by atoms with Gasteiger partial charge in [0, 0.05) is 25.3 Å². The summed E-state index contributed by atoms with van der Waals surface area (Å²) in [5.41, 5.74) is 0.613. The summed E-state index contributed by atoms with van der Waals surface area (Å²) in [5, 5.41) is 6.74. The van der Waals surface area contributed by atoms with E-state index in [1.54, 1.807) is 26.3 Å². The minimum absolute atomic E-state index is 0.140. The fourth-order valence-electron chi connectivity index (χ4n) is 2.75.